The molecule has 0 aliphatic carbocycles. The van der Waals surface area contributed by atoms with E-state index in [0.717, 1.165) is 39.5 Å². The van der Waals surface area contributed by atoms with Crippen molar-refractivity contribution >= 4 is 22.5 Å². The van der Waals surface area contributed by atoms with Crippen LogP contribution in [0.1, 0.15) is 22.4 Å². The molecule has 0 fully saturated rings. The number of hydrogen-bond acceptors (Lipinski definition) is 3. The Morgan fingerprint density at radius 2 is 1.57 bits per heavy atom. The molecule has 2 heterocycles. The maximum absolute atomic E-state index is 13.8. The molecule has 0 saturated carbocycles. The van der Waals surface area contributed by atoms with Crippen LogP contribution in [0, 0.1) is 39.3 Å². The van der Waals surface area contributed by atoms with E-state index in [1.807, 2.05) is 32.3 Å². The summed E-state index contributed by atoms with van der Waals surface area (Å²) in [5, 5.41) is 4.23. The van der Waals surface area contributed by atoms with Crippen LogP contribution >= 0.6 is 0 Å². The number of aryl methyl sites for hydroxylation is 3. The van der Waals surface area contributed by atoms with Gasteiger partial charge in [0.05, 0.1) is 11.1 Å². The molecule has 0 bridgehead atoms. The topological polar surface area (TPSA) is 42.7 Å². The molecule has 4 rings (SSSR count). The minimum Gasteiger partial charge on any atom is -0.340 e. The number of benzene rings is 2. The van der Waals surface area contributed by atoms with Gasteiger partial charge in [0.2, 0.25) is 0 Å². The molecule has 0 aliphatic heterocycles. The zero-order valence-corrected chi connectivity index (χ0v) is 16.1. The number of fused-ring (bicyclic) bond motifs is 1. The minimum atomic E-state index is -0.890. The molecule has 0 atom stereocenters. The van der Waals surface area contributed by atoms with E-state index >= 15 is 0 Å². The van der Waals surface area contributed by atoms with Crippen molar-refractivity contribution in [3.05, 3.63) is 76.7 Å². The molecule has 4 aromatic rings. The number of nitrogens with zero attached hydrogens (tertiary/aromatic N) is 3. The predicted octanol–water partition coefficient (Wildman–Crippen LogP) is 5.68. The number of halogens is 2. The number of anilines is 2. The molecule has 2 aromatic heterocycles. The average Bonchev–Trinajstić information content (AvgIpc) is 2.88. The molecule has 142 valence electrons. The van der Waals surface area contributed by atoms with Gasteiger partial charge in [0.25, 0.3) is 0 Å². The van der Waals surface area contributed by atoms with Crippen LogP contribution in [0.3, 0.4) is 0 Å². The van der Waals surface area contributed by atoms with Gasteiger partial charge >= 0.3 is 0 Å². The van der Waals surface area contributed by atoms with Crippen molar-refractivity contribution in [2.24, 2.45) is 0 Å². The third-order valence-electron chi connectivity index (χ3n) is 4.94. The van der Waals surface area contributed by atoms with Gasteiger partial charge in [0.1, 0.15) is 12.1 Å². The van der Waals surface area contributed by atoms with Crippen LogP contribution in [0.15, 0.2) is 42.7 Å². The molecule has 28 heavy (non-hydrogen) atoms. The molecule has 0 unspecified atom stereocenters. The molecule has 4 nitrogen and oxygen atoms in total. The Balaban J connectivity index is 1.90. The van der Waals surface area contributed by atoms with Gasteiger partial charge in [-0.15, -0.1) is 0 Å². The third kappa shape index (κ3) is 3.01. The van der Waals surface area contributed by atoms with E-state index in [2.05, 4.69) is 33.5 Å². The number of aromatic nitrogens is 3. The summed E-state index contributed by atoms with van der Waals surface area (Å²) in [6, 6.07) is 10.1. The van der Waals surface area contributed by atoms with Crippen molar-refractivity contribution in [1.82, 2.24) is 14.5 Å². The summed E-state index contributed by atoms with van der Waals surface area (Å²) < 4.78 is 29.0. The van der Waals surface area contributed by atoms with Crippen LogP contribution in [0.4, 0.5) is 20.3 Å². The number of hydrogen-bond donors (Lipinski definition) is 1. The van der Waals surface area contributed by atoms with Crippen LogP contribution in [-0.2, 0) is 0 Å². The van der Waals surface area contributed by atoms with Gasteiger partial charge < -0.3 is 5.32 Å². The second-order valence-corrected chi connectivity index (χ2v) is 7.07. The van der Waals surface area contributed by atoms with Gasteiger partial charge in [0, 0.05) is 17.4 Å². The maximum atomic E-state index is 13.8. The normalized spacial score (nSPS) is 11.2. The Morgan fingerprint density at radius 3 is 2.25 bits per heavy atom. The molecule has 0 amide bonds. The fourth-order valence-corrected chi connectivity index (χ4v) is 3.62. The van der Waals surface area contributed by atoms with Crippen molar-refractivity contribution in [3.63, 3.8) is 0 Å². The van der Waals surface area contributed by atoms with Crippen LogP contribution < -0.4 is 5.32 Å². The highest BCUT2D eigenvalue weighted by Gasteiger charge is 2.18. The molecule has 6 heteroatoms. The molecule has 0 radical (unpaired) electrons. The highest BCUT2D eigenvalue weighted by atomic mass is 19.2. The highest BCUT2D eigenvalue weighted by Crippen LogP contribution is 2.33. The quantitative estimate of drug-likeness (QED) is 0.499. The Hall–Kier alpha value is -3.28. The van der Waals surface area contributed by atoms with Gasteiger partial charge in [-0.05, 0) is 68.7 Å². The molecule has 0 aliphatic rings. The lowest BCUT2D eigenvalue weighted by molar-refractivity contribution is 0.508. The Kier molecular flexibility index (Phi) is 4.34. The van der Waals surface area contributed by atoms with E-state index in [9.17, 15) is 8.78 Å². The van der Waals surface area contributed by atoms with E-state index in [-0.39, 0.29) is 0 Å². The lowest BCUT2D eigenvalue weighted by Crippen LogP contribution is -2.01. The van der Waals surface area contributed by atoms with Gasteiger partial charge in [-0.2, -0.15) is 0 Å². The molecule has 0 saturated heterocycles. The van der Waals surface area contributed by atoms with Gasteiger partial charge in [-0.1, -0.05) is 6.07 Å². The predicted molar refractivity (Wildman–Crippen MR) is 107 cm³/mol. The first-order chi connectivity index (χ1) is 13.3. The Bertz CT molecular complexity index is 1190. The van der Waals surface area contributed by atoms with E-state index < -0.39 is 11.6 Å². The molecule has 2 aromatic carbocycles. The van der Waals surface area contributed by atoms with Crippen molar-refractivity contribution in [2.75, 3.05) is 5.32 Å². The lowest BCUT2D eigenvalue weighted by atomic mass is 10.1. The first-order valence-electron chi connectivity index (χ1n) is 8.98. The van der Waals surface area contributed by atoms with Crippen LogP contribution in [0.25, 0.3) is 16.7 Å². The van der Waals surface area contributed by atoms with Crippen LogP contribution in [0.5, 0.6) is 0 Å². The summed E-state index contributed by atoms with van der Waals surface area (Å²) in [7, 11) is 0. The van der Waals surface area contributed by atoms with Gasteiger partial charge in [0.15, 0.2) is 17.3 Å². The Morgan fingerprint density at radius 1 is 0.857 bits per heavy atom. The molecule has 0 spiro atoms. The van der Waals surface area contributed by atoms with E-state index in [0.29, 0.717) is 17.2 Å². The second kappa shape index (κ2) is 6.71. The standard InChI is InChI=1S/C22H20F2N4/c1-12-7-13(2)9-16(8-12)27-21-20-14(3)15(4)28(22(20)26-11-25-21)17-5-6-18(23)19(24)10-17/h5-11H,1-4H3,(H,25,26,27). The van der Waals surface area contributed by atoms with Crippen molar-refractivity contribution in [2.45, 2.75) is 27.7 Å². The van der Waals surface area contributed by atoms with E-state index in [1.165, 1.54) is 12.4 Å². The fourth-order valence-electron chi connectivity index (χ4n) is 3.62. The SMILES string of the molecule is Cc1cc(C)cc(Nc2ncnc3c2c(C)c(C)n3-c2ccc(F)c(F)c2)c1. The van der Waals surface area contributed by atoms with E-state index in [4.69, 9.17) is 0 Å². The highest BCUT2D eigenvalue weighted by molar-refractivity contribution is 5.94. The van der Waals surface area contributed by atoms with Crippen molar-refractivity contribution < 1.29 is 8.78 Å². The molecular weight excluding hydrogens is 358 g/mol. The first kappa shape index (κ1) is 18.1. The van der Waals surface area contributed by atoms with Gasteiger partial charge in [-0.3, -0.25) is 4.57 Å². The number of nitrogens with one attached hydrogen (secondary N) is 1. The van der Waals surface area contributed by atoms with E-state index in [1.54, 1.807) is 6.07 Å². The Labute approximate surface area is 161 Å². The number of rotatable bonds is 3. The second-order valence-electron chi connectivity index (χ2n) is 7.07. The zero-order chi connectivity index (χ0) is 20.0. The maximum Gasteiger partial charge on any atom is 0.160 e. The lowest BCUT2D eigenvalue weighted by Gasteiger charge is -2.10. The largest absolute Gasteiger partial charge is 0.340 e. The summed E-state index contributed by atoms with van der Waals surface area (Å²) >= 11 is 0. The fraction of sp³-hybridized carbons (Fsp3) is 0.182. The zero-order valence-electron chi connectivity index (χ0n) is 16.1. The monoisotopic (exact) mass is 378 g/mol. The molecule has 1 N–H and O–H groups in total. The van der Waals surface area contributed by atoms with Crippen molar-refractivity contribution in [3.8, 4) is 5.69 Å². The van der Waals surface area contributed by atoms with Crippen LogP contribution in [0.2, 0.25) is 0 Å². The minimum absolute atomic E-state index is 0.519. The summed E-state index contributed by atoms with van der Waals surface area (Å²) in [6.07, 6.45) is 1.47. The smallest absolute Gasteiger partial charge is 0.160 e. The third-order valence-corrected chi connectivity index (χ3v) is 4.94. The van der Waals surface area contributed by atoms with Crippen LogP contribution in [-0.4, -0.2) is 14.5 Å². The summed E-state index contributed by atoms with van der Waals surface area (Å²) in [5.74, 6) is -1.09. The molecular formula is C22H20F2N4. The summed E-state index contributed by atoms with van der Waals surface area (Å²) in [4.78, 5) is 8.86. The average molecular weight is 378 g/mol. The summed E-state index contributed by atoms with van der Waals surface area (Å²) in [5.41, 5.74) is 6.28. The first-order valence-corrected chi connectivity index (χ1v) is 8.98. The summed E-state index contributed by atoms with van der Waals surface area (Å²) in [6.45, 7) is 7.99. The van der Waals surface area contributed by atoms with Gasteiger partial charge in [-0.25, -0.2) is 18.7 Å². The van der Waals surface area contributed by atoms with Crippen molar-refractivity contribution in [1.29, 1.82) is 0 Å².